The number of aromatic nitrogens is 2. The van der Waals surface area contributed by atoms with Crippen LogP contribution in [0.15, 0.2) is 85.3 Å². The number of carbonyl (C=O) groups is 1. The van der Waals surface area contributed by atoms with Crippen molar-refractivity contribution < 1.29 is 14.3 Å². The fourth-order valence-corrected chi connectivity index (χ4v) is 10.1. The van der Waals surface area contributed by atoms with E-state index in [-0.39, 0.29) is 11.3 Å². The number of ether oxygens (including phenoxy) is 2. The summed E-state index contributed by atoms with van der Waals surface area (Å²) in [5, 5.41) is 3.49. The standard InChI is InChI=1S/C33H32N4O2.C15H20N2O/c1-22-17-25(29-20-34-12-13-35-29)7-8-27(22)23-3-5-24(6-4-23)32(38)37-14-9-26-18-31-28(19-30(26)37)33(21-39-31)10-15-36(2)16-11-33;1-17-6-3-15(4-7-17)10-18-14-8-11-2-5-16-13(11)9-12(14)15/h3-8,12-13,17-20H,9-11,14-16,21H2,1-2H3;8-9,16H,2-7,10H2,1H3. The first-order valence-corrected chi connectivity index (χ1v) is 20.8. The number of hydrogen-bond donors (Lipinski definition) is 1. The summed E-state index contributed by atoms with van der Waals surface area (Å²) in [5.74, 6) is 2.24. The molecule has 7 heterocycles. The van der Waals surface area contributed by atoms with E-state index in [1.54, 1.807) is 18.6 Å². The molecule has 57 heavy (non-hydrogen) atoms. The number of anilines is 2. The molecule has 9 nitrogen and oxygen atoms in total. The Bertz CT molecular complexity index is 2330. The van der Waals surface area contributed by atoms with E-state index < -0.39 is 0 Å². The third kappa shape index (κ3) is 6.45. The Balaban J connectivity index is 0.000000182. The third-order valence-electron chi connectivity index (χ3n) is 13.8. The van der Waals surface area contributed by atoms with Crippen LogP contribution in [-0.2, 0) is 23.7 Å². The van der Waals surface area contributed by atoms with Crippen LogP contribution in [-0.4, -0.2) is 92.3 Å². The second-order valence-corrected chi connectivity index (χ2v) is 17.3. The maximum atomic E-state index is 13.7. The lowest BCUT2D eigenvalue weighted by Gasteiger charge is -2.37. The molecule has 5 aromatic rings. The average molecular weight is 761 g/mol. The Kier molecular flexibility index (Phi) is 9.06. The molecule has 6 aliphatic rings. The number of benzene rings is 4. The lowest BCUT2D eigenvalue weighted by atomic mass is 9.74. The van der Waals surface area contributed by atoms with Gasteiger partial charge in [-0.2, -0.15) is 0 Å². The number of fused-ring (bicyclic) bond motifs is 6. The molecule has 0 radical (unpaired) electrons. The highest BCUT2D eigenvalue weighted by atomic mass is 16.5. The highest BCUT2D eigenvalue weighted by Crippen LogP contribution is 2.50. The Morgan fingerprint density at radius 3 is 2.02 bits per heavy atom. The number of nitrogens with one attached hydrogen (secondary N) is 1. The number of aryl methyl sites for hydroxylation is 1. The monoisotopic (exact) mass is 760 g/mol. The van der Waals surface area contributed by atoms with Crippen molar-refractivity contribution in [1.29, 1.82) is 0 Å². The van der Waals surface area contributed by atoms with Crippen molar-refractivity contribution in [1.82, 2.24) is 19.8 Å². The summed E-state index contributed by atoms with van der Waals surface area (Å²) >= 11 is 0. The van der Waals surface area contributed by atoms with E-state index in [0.717, 1.165) is 104 Å². The first-order chi connectivity index (χ1) is 27.8. The van der Waals surface area contributed by atoms with Crippen LogP contribution >= 0.6 is 0 Å². The summed E-state index contributed by atoms with van der Waals surface area (Å²) < 4.78 is 12.2. The van der Waals surface area contributed by atoms with Gasteiger partial charge in [-0.05, 0) is 156 Å². The minimum absolute atomic E-state index is 0.0614. The summed E-state index contributed by atoms with van der Waals surface area (Å²) in [6.45, 7) is 10.1. The molecule has 292 valence electrons. The quantitative estimate of drug-likeness (QED) is 0.201. The zero-order chi connectivity index (χ0) is 38.7. The van der Waals surface area contributed by atoms with E-state index in [9.17, 15) is 4.79 Å². The first kappa shape index (κ1) is 36.1. The van der Waals surface area contributed by atoms with Crippen LogP contribution in [0.3, 0.4) is 0 Å². The number of carbonyl (C=O) groups excluding carboxylic acids is 1. The molecule has 2 saturated heterocycles. The smallest absolute Gasteiger partial charge is 0.258 e. The highest BCUT2D eigenvalue weighted by molar-refractivity contribution is 6.07. The van der Waals surface area contributed by atoms with E-state index in [0.29, 0.717) is 17.5 Å². The molecule has 2 spiro atoms. The van der Waals surface area contributed by atoms with Gasteiger partial charge in [-0.1, -0.05) is 24.3 Å². The van der Waals surface area contributed by atoms with Crippen LogP contribution in [0.5, 0.6) is 11.5 Å². The van der Waals surface area contributed by atoms with Gasteiger partial charge in [-0.3, -0.25) is 14.8 Å². The molecule has 1 amide bonds. The lowest BCUT2D eigenvalue weighted by Crippen LogP contribution is -2.42. The molecule has 0 bridgehead atoms. The van der Waals surface area contributed by atoms with Gasteiger partial charge in [0.1, 0.15) is 11.5 Å². The maximum absolute atomic E-state index is 13.7. The molecule has 0 aliphatic carbocycles. The lowest BCUT2D eigenvalue weighted by molar-refractivity contribution is 0.0989. The molecule has 0 saturated carbocycles. The predicted octanol–water partition coefficient (Wildman–Crippen LogP) is 7.69. The minimum Gasteiger partial charge on any atom is -0.492 e. The normalized spacial score (nSPS) is 19.8. The SMILES string of the molecule is CN1CCC2(CC1)COc1cc3c(cc12)NCC3.Cc1cc(-c2cnccn2)ccc1-c1ccc(C(=O)N2CCc3cc4c(cc32)C2(CCN(C)CC2)CO4)cc1. The number of nitrogens with zero attached hydrogens (tertiary/aromatic N) is 5. The number of piperidine rings is 2. The largest absolute Gasteiger partial charge is 0.492 e. The van der Waals surface area contributed by atoms with Gasteiger partial charge in [0.25, 0.3) is 5.91 Å². The summed E-state index contributed by atoms with van der Waals surface area (Å²) in [6.07, 6.45) is 11.8. The predicted molar refractivity (Wildman–Crippen MR) is 226 cm³/mol. The second-order valence-electron chi connectivity index (χ2n) is 17.3. The minimum atomic E-state index is 0.0614. The number of likely N-dealkylation sites (tertiary alicyclic amines) is 2. The molecule has 1 aromatic heterocycles. The summed E-state index contributed by atoms with van der Waals surface area (Å²) in [7, 11) is 4.40. The van der Waals surface area contributed by atoms with Gasteiger partial charge in [0.15, 0.2) is 0 Å². The van der Waals surface area contributed by atoms with Crippen molar-refractivity contribution in [3.05, 3.63) is 119 Å². The van der Waals surface area contributed by atoms with E-state index >= 15 is 0 Å². The van der Waals surface area contributed by atoms with E-state index in [2.05, 4.69) is 101 Å². The van der Waals surface area contributed by atoms with Gasteiger partial charge in [-0.25, -0.2) is 0 Å². The van der Waals surface area contributed by atoms with Crippen molar-refractivity contribution in [2.24, 2.45) is 0 Å². The Hall–Kier alpha value is -5.25. The van der Waals surface area contributed by atoms with Crippen molar-refractivity contribution in [3.8, 4) is 33.9 Å². The molecule has 2 fully saturated rings. The van der Waals surface area contributed by atoms with Gasteiger partial charge in [0.05, 0.1) is 25.1 Å². The Morgan fingerprint density at radius 2 is 1.37 bits per heavy atom. The zero-order valence-corrected chi connectivity index (χ0v) is 33.4. The molecule has 1 N–H and O–H groups in total. The van der Waals surface area contributed by atoms with Gasteiger partial charge in [0.2, 0.25) is 0 Å². The molecule has 0 atom stereocenters. The van der Waals surface area contributed by atoms with Crippen LogP contribution < -0.4 is 19.7 Å². The van der Waals surface area contributed by atoms with Crippen molar-refractivity contribution in [2.75, 3.05) is 76.8 Å². The summed E-state index contributed by atoms with van der Waals surface area (Å²) in [5.41, 5.74) is 14.2. The van der Waals surface area contributed by atoms with Gasteiger partial charge in [-0.15, -0.1) is 0 Å². The maximum Gasteiger partial charge on any atom is 0.258 e. The van der Waals surface area contributed by atoms with Crippen LogP contribution in [0.1, 0.15) is 63.9 Å². The molecule has 4 aromatic carbocycles. The van der Waals surface area contributed by atoms with E-state index in [4.69, 9.17) is 9.47 Å². The van der Waals surface area contributed by atoms with Gasteiger partial charge in [0, 0.05) is 69.9 Å². The first-order valence-electron chi connectivity index (χ1n) is 20.8. The second kappa shape index (κ2) is 14.3. The Labute approximate surface area is 336 Å². The molecular formula is C48H52N6O3. The number of rotatable bonds is 3. The van der Waals surface area contributed by atoms with Crippen LogP contribution in [0.4, 0.5) is 11.4 Å². The van der Waals surface area contributed by atoms with Crippen molar-refractivity contribution >= 4 is 17.3 Å². The van der Waals surface area contributed by atoms with E-state index in [1.165, 1.54) is 53.9 Å². The molecular weight excluding hydrogens is 709 g/mol. The fraction of sp³-hybridized carbons (Fsp3) is 0.396. The average Bonchev–Trinajstić information content (AvgIpc) is 4.04. The van der Waals surface area contributed by atoms with Crippen molar-refractivity contribution in [3.63, 3.8) is 0 Å². The van der Waals surface area contributed by atoms with Crippen molar-refractivity contribution in [2.45, 2.75) is 56.3 Å². The molecule has 11 rings (SSSR count). The highest BCUT2D eigenvalue weighted by Gasteiger charge is 2.45. The fourth-order valence-electron chi connectivity index (χ4n) is 10.1. The molecule has 0 unspecified atom stereocenters. The van der Waals surface area contributed by atoms with Gasteiger partial charge < -0.3 is 29.5 Å². The summed E-state index contributed by atoms with van der Waals surface area (Å²) in [6, 6.07) is 23.5. The number of amides is 1. The van der Waals surface area contributed by atoms with Crippen LogP contribution in [0, 0.1) is 6.92 Å². The number of hydrogen-bond acceptors (Lipinski definition) is 8. The van der Waals surface area contributed by atoms with E-state index in [1.807, 2.05) is 17.0 Å². The van der Waals surface area contributed by atoms with Crippen LogP contribution in [0.2, 0.25) is 0 Å². The topological polar surface area (TPSA) is 83.1 Å². The van der Waals surface area contributed by atoms with Crippen LogP contribution in [0.25, 0.3) is 22.4 Å². The zero-order valence-electron chi connectivity index (χ0n) is 33.4. The molecule has 9 heteroatoms. The Morgan fingerprint density at radius 1 is 0.719 bits per heavy atom. The van der Waals surface area contributed by atoms with Gasteiger partial charge >= 0.3 is 0 Å². The summed E-state index contributed by atoms with van der Waals surface area (Å²) in [4.78, 5) is 29.1. The third-order valence-corrected chi connectivity index (χ3v) is 13.8. The molecule has 6 aliphatic heterocycles.